The summed E-state index contributed by atoms with van der Waals surface area (Å²) in [5.74, 6) is 0. The predicted octanol–water partition coefficient (Wildman–Crippen LogP) is 0.0986. The molecule has 2 N–H and O–H groups in total. The molecule has 1 heterocycles. The van der Waals surface area contributed by atoms with Gasteiger partial charge in [-0.3, -0.25) is 14.3 Å². The van der Waals surface area contributed by atoms with Crippen molar-refractivity contribution in [1.29, 1.82) is 0 Å². The highest BCUT2D eigenvalue weighted by Gasteiger charge is 2.02. The minimum atomic E-state index is -0.333. The molecule has 0 radical (unpaired) electrons. The Hall–Kier alpha value is -1.36. The Morgan fingerprint density at radius 2 is 2.06 bits per heavy atom. The van der Waals surface area contributed by atoms with Crippen LogP contribution < -0.4 is 16.6 Å². The third-order valence-corrected chi connectivity index (χ3v) is 2.42. The van der Waals surface area contributed by atoms with Crippen molar-refractivity contribution in [2.45, 2.75) is 33.2 Å². The van der Waals surface area contributed by atoms with Gasteiger partial charge >= 0.3 is 5.69 Å². The van der Waals surface area contributed by atoms with E-state index in [1.807, 2.05) is 6.92 Å². The highest BCUT2D eigenvalue weighted by molar-refractivity contribution is 5.03. The zero-order valence-electron chi connectivity index (χ0n) is 9.88. The van der Waals surface area contributed by atoms with Crippen molar-refractivity contribution in [3.05, 3.63) is 32.6 Å². The molecule has 16 heavy (non-hydrogen) atoms. The van der Waals surface area contributed by atoms with Gasteiger partial charge in [0.1, 0.15) is 0 Å². The van der Waals surface area contributed by atoms with E-state index in [0.717, 1.165) is 19.5 Å². The van der Waals surface area contributed by atoms with Crippen LogP contribution in [0, 0.1) is 0 Å². The number of hydrogen-bond donors (Lipinski definition) is 2. The molecular weight excluding hydrogens is 206 g/mol. The molecule has 0 aliphatic carbocycles. The average molecular weight is 225 g/mol. The highest BCUT2D eigenvalue weighted by atomic mass is 16.2. The van der Waals surface area contributed by atoms with E-state index in [-0.39, 0.29) is 11.2 Å². The van der Waals surface area contributed by atoms with Crippen molar-refractivity contribution in [3.63, 3.8) is 0 Å². The second kappa shape index (κ2) is 6.27. The first-order valence-corrected chi connectivity index (χ1v) is 5.72. The molecule has 0 aliphatic heterocycles. The number of aromatic amines is 1. The van der Waals surface area contributed by atoms with Crippen LogP contribution in [0.15, 0.2) is 15.8 Å². The maximum absolute atomic E-state index is 11.5. The number of nitrogens with zero attached hydrogens (tertiary/aromatic N) is 1. The summed E-state index contributed by atoms with van der Waals surface area (Å²) in [4.78, 5) is 25.1. The minimum Gasteiger partial charge on any atom is -0.315 e. The van der Waals surface area contributed by atoms with Crippen LogP contribution >= 0.6 is 0 Å². The normalized spacial score (nSPS) is 10.6. The fourth-order valence-electron chi connectivity index (χ4n) is 1.47. The molecule has 5 heteroatoms. The molecule has 0 atom stereocenters. The number of nitrogens with one attached hydrogen (secondary N) is 2. The Bertz CT molecular complexity index is 434. The van der Waals surface area contributed by atoms with Crippen LogP contribution in [0.4, 0.5) is 0 Å². The lowest BCUT2D eigenvalue weighted by molar-refractivity contribution is 0.568. The second-order valence-corrected chi connectivity index (χ2v) is 3.71. The van der Waals surface area contributed by atoms with Crippen molar-refractivity contribution >= 4 is 0 Å². The largest absolute Gasteiger partial charge is 0.328 e. The van der Waals surface area contributed by atoms with Crippen LogP contribution in [-0.2, 0) is 13.0 Å². The van der Waals surface area contributed by atoms with E-state index in [1.54, 1.807) is 10.8 Å². The van der Waals surface area contributed by atoms with Gasteiger partial charge in [0.2, 0.25) is 0 Å². The van der Waals surface area contributed by atoms with Crippen LogP contribution in [0.3, 0.4) is 0 Å². The van der Waals surface area contributed by atoms with Gasteiger partial charge in [-0.1, -0.05) is 13.8 Å². The molecule has 0 bridgehead atoms. The fraction of sp³-hybridized carbons (Fsp3) is 0.636. The summed E-state index contributed by atoms with van der Waals surface area (Å²) in [7, 11) is 0. The Labute approximate surface area is 94.5 Å². The molecule has 0 aromatic carbocycles. The molecule has 0 amide bonds. The maximum Gasteiger partial charge on any atom is 0.328 e. The third kappa shape index (κ3) is 3.34. The standard InChI is InChI=1S/C11H19N3O2/c1-3-5-12-6-7-14-8-9(4-2)10(15)13-11(14)16/h8,12H,3-7H2,1-2H3,(H,13,15,16). The zero-order chi connectivity index (χ0) is 12.0. The molecule has 0 fully saturated rings. The van der Waals surface area contributed by atoms with Crippen LogP contribution in [0.5, 0.6) is 0 Å². The number of H-pyrrole nitrogens is 1. The molecule has 0 saturated heterocycles. The quantitative estimate of drug-likeness (QED) is 0.675. The molecule has 90 valence electrons. The molecule has 1 aromatic rings. The minimum absolute atomic E-state index is 0.273. The fourth-order valence-corrected chi connectivity index (χ4v) is 1.47. The summed E-state index contributed by atoms with van der Waals surface area (Å²) in [5, 5.41) is 3.21. The summed E-state index contributed by atoms with van der Waals surface area (Å²) >= 11 is 0. The van der Waals surface area contributed by atoms with Gasteiger partial charge in [-0.15, -0.1) is 0 Å². The lowest BCUT2D eigenvalue weighted by atomic mass is 10.3. The Kier molecular flexibility index (Phi) is 4.98. The lowest BCUT2D eigenvalue weighted by Gasteiger charge is -2.07. The average Bonchev–Trinajstić information content (AvgIpc) is 2.27. The molecule has 0 unspecified atom stereocenters. The number of aryl methyl sites for hydroxylation is 1. The SMILES string of the molecule is CCCNCCn1cc(CC)c(=O)[nH]c1=O. The van der Waals surface area contributed by atoms with E-state index >= 15 is 0 Å². The van der Waals surface area contributed by atoms with Crippen molar-refractivity contribution < 1.29 is 0 Å². The predicted molar refractivity (Wildman–Crippen MR) is 63.9 cm³/mol. The zero-order valence-corrected chi connectivity index (χ0v) is 9.88. The summed E-state index contributed by atoms with van der Waals surface area (Å²) in [6.07, 6.45) is 3.35. The molecule has 1 rings (SSSR count). The Morgan fingerprint density at radius 1 is 1.31 bits per heavy atom. The van der Waals surface area contributed by atoms with Crippen molar-refractivity contribution in [1.82, 2.24) is 14.9 Å². The van der Waals surface area contributed by atoms with E-state index < -0.39 is 0 Å². The third-order valence-electron chi connectivity index (χ3n) is 2.42. The van der Waals surface area contributed by atoms with E-state index in [9.17, 15) is 9.59 Å². The molecule has 0 aliphatic rings. The Balaban J connectivity index is 2.72. The van der Waals surface area contributed by atoms with Gasteiger partial charge in [0.25, 0.3) is 5.56 Å². The van der Waals surface area contributed by atoms with Gasteiger partial charge in [0, 0.05) is 24.8 Å². The van der Waals surface area contributed by atoms with Crippen molar-refractivity contribution in [3.8, 4) is 0 Å². The van der Waals surface area contributed by atoms with E-state index in [2.05, 4.69) is 17.2 Å². The van der Waals surface area contributed by atoms with Gasteiger partial charge < -0.3 is 5.32 Å². The number of hydrogen-bond acceptors (Lipinski definition) is 3. The Morgan fingerprint density at radius 3 is 2.69 bits per heavy atom. The molecular formula is C11H19N3O2. The summed E-state index contributed by atoms with van der Waals surface area (Å²) in [6.45, 7) is 6.26. The number of rotatable bonds is 6. The van der Waals surface area contributed by atoms with Gasteiger partial charge in [-0.05, 0) is 19.4 Å². The van der Waals surface area contributed by atoms with Gasteiger partial charge in [-0.2, -0.15) is 0 Å². The van der Waals surface area contributed by atoms with Crippen molar-refractivity contribution in [2.75, 3.05) is 13.1 Å². The molecule has 1 aromatic heterocycles. The van der Waals surface area contributed by atoms with Crippen molar-refractivity contribution in [2.24, 2.45) is 0 Å². The van der Waals surface area contributed by atoms with E-state index in [0.29, 0.717) is 18.5 Å². The summed E-state index contributed by atoms with van der Waals surface area (Å²) < 4.78 is 1.54. The number of aromatic nitrogens is 2. The first kappa shape index (κ1) is 12.7. The maximum atomic E-state index is 11.5. The summed E-state index contributed by atoms with van der Waals surface area (Å²) in [6, 6.07) is 0. The first-order chi connectivity index (χ1) is 7.69. The van der Waals surface area contributed by atoms with E-state index in [4.69, 9.17) is 0 Å². The van der Waals surface area contributed by atoms with Crippen LogP contribution in [0.25, 0.3) is 0 Å². The van der Waals surface area contributed by atoms with Crippen LogP contribution in [0.2, 0.25) is 0 Å². The van der Waals surface area contributed by atoms with Gasteiger partial charge in [0.15, 0.2) is 0 Å². The van der Waals surface area contributed by atoms with Gasteiger partial charge in [0.05, 0.1) is 0 Å². The first-order valence-electron chi connectivity index (χ1n) is 5.72. The molecule has 0 saturated carbocycles. The van der Waals surface area contributed by atoms with Crippen LogP contribution in [0.1, 0.15) is 25.8 Å². The van der Waals surface area contributed by atoms with Crippen LogP contribution in [-0.4, -0.2) is 22.6 Å². The van der Waals surface area contributed by atoms with E-state index in [1.165, 1.54) is 0 Å². The van der Waals surface area contributed by atoms with Gasteiger partial charge in [-0.25, -0.2) is 4.79 Å². The highest BCUT2D eigenvalue weighted by Crippen LogP contribution is 1.88. The summed E-state index contributed by atoms with van der Waals surface area (Å²) in [5.41, 5.74) is 0.0425. The second-order valence-electron chi connectivity index (χ2n) is 3.71. The molecule has 0 spiro atoms. The smallest absolute Gasteiger partial charge is 0.315 e. The monoisotopic (exact) mass is 225 g/mol. The topological polar surface area (TPSA) is 66.9 Å². The molecule has 5 nitrogen and oxygen atoms in total. The lowest BCUT2D eigenvalue weighted by Crippen LogP contribution is -2.34.